The highest BCUT2D eigenvalue weighted by Gasteiger charge is 2.29. The first kappa shape index (κ1) is 22.9. The maximum Gasteiger partial charge on any atom is 0.243 e. The van der Waals surface area contributed by atoms with E-state index in [4.69, 9.17) is 11.6 Å². The first-order chi connectivity index (χ1) is 13.8. The van der Waals surface area contributed by atoms with Gasteiger partial charge in [-0.2, -0.15) is 0 Å². The Labute approximate surface area is 177 Å². The van der Waals surface area contributed by atoms with Gasteiger partial charge >= 0.3 is 0 Å². The van der Waals surface area contributed by atoms with Crippen molar-refractivity contribution in [2.24, 2.45) is 0 Å². The molecule has 0 radical (unpaired) electrons. The first-order valence-corrected chi connectivity index (χ1v) is 10.3. The SMILES string of the molecule is CC[C@@H](C)NC(=O)[C@H](CC)N(Cc1ccccc1Cl)C(=O)Cc1ccc(F)cc1. The number of hydrogen-bond donors (Lipinski definition) is 1. The summed E-state index contributed by atoms with van der Waals surface area (Å²) in [6, 6.07) is 12.5. The molecule has 0 heterocycles. The Morgan fingerprint density at radius 3 is 2.31 bits per heavy atom. The molecule has 4 nitrogen and oxygen atoms in total. The van der Waals surface area contributed by atoms with Gasteiger partial charge in [0.2, 0.25) is 11.8 Å². The fourth-order valence-corrected chi connectivity index (χ4v) is 3.24. The number of amides is 2. The van der Waals surface area contributed by atoms with Gasteiger partial charge in [0.1, 0.15) is 11.9 Å². The van der Waals surface area contributed by atoms with Crippen LogP contribution in [0, 0.1) is 5.82 Å². The molecule has 6 heteroatoms. The summed E-state index contributed by atoms with van der Waals surface area (Å²) in [5.74, 6) is -0.738. The van der Waals surface area contributed by atoms with Gasteiger partial charge in [0.05, 0.1) is 6.42 Å². The van der Waals surface area contributed by atoms with Gasteiger partial charge in [0, 0.05) is 17.6 Å². The molecule has 2 amide bonds. The smallest absolute Gasteiger partial charge is 0.243 e. The molecule has 156 valence electrons. The van der Waals surface area contributed by atoms with Crippen LogP contribution in [0.15, 0.2) is 48.5 Å². The number of carbonyl (C=O) groups is 2. The molecule has 1 N–H and O–H groups in total. The van der Waals surface area contributed by atoms with Crippen molar-refractivity contribution in [3.8, 4) is 0 Å². The molecule has 0 aromatic heterocycles. The largest absolute Gasteiger partial charge is 0.352 e. The van der Waals surface area contributed by atoms with Crippen LogP contribution >= 0.6 is 11.6 Å². The zero-order chi connectivity index (χ0) is 21.4. The molecule has 0 aliphatic carbocycles. The predicted octanol–water partition coefficient (Wildman–Crippen LogP) is 4.74. The Hall–Kier alpha value is -2.40. The summed E-state index contributed by atoms with van der Waals surface area (Å²) in [7, 11) is 0. The number of hydrogen-bond acceptors (Lipinski definition) is 2. The van der Waals surface area contributed by atoms with E-state index in [0.717, 1.165) is 12.0 Å². The molecular weight excluding hydrogens is 391 g/mol. The normalized spacial score (nSPS) is 12.9. The minimum absolute atomic E-state index is 0.0194. The van der Waals surface area contributed by atoms with Gasteiger partial charge in [-0.3, -0.25) is 9.59 Å². The van der Waals surface area contributed by atoms with E-state index >= 15 is 0 Å². The topological polar surface area (TPSA) is 49.4 Å². The number of rotatable bonds is 9. The number of benzene rings is 2. The van der Waals surface area contributed by atoms with Crippen LogP contribution in [-0.2, 0) is 22.6 Å². The number of halogens is 2. The molecule has 0 spiro atoms. The third kappa shape index (κ3) is 6.57. The van der Waals surface area contributed by atoms with Crippen LogP contribution in [0.5, 0.6) is 0 Å². The molecule has 0 aliphatic heterocycles. The summed E-state index contributed by atoms with van der Waals surface area (Å²) in [4.78, 5) is 27.6. The molecule has 2 atom stereocenters. The Balaban J connectivity index is 2.30. The third-order valence-electron chi connectivity index (χ3n) is 4.95. The molecule has 0 saturated carbocycles. The van der Waals surface area contributed by atoms with Crippen molar-refractivity contribution in [1.29, 1.82) is 0 Å². The molecule has 0 fully saturated rings. The Bertz CT molecular complexity index is 826. The van der Waals surface area contributed by atoms with Crippen molar-refractivity contribution < 1.29 is 14.0 Å². The number of nitrogens with zero attached hydrogens (tertiary/aromatic N) is 1. The Morgan fingerprint density at radius 2 is 1.72 bits per heavy atom. The average Bonchev–Trinajstić information content (AvgIpc) is 2.70. The highest BCUT2D eigenvalue weighted by atomic mass is 35.5. The lowest BCUT2D eigenvalue weighted by Crippen LogP contribution is -2.51. The van der Waals surface area contributed by atoms with Gasteiger partial charge in [-0.25, -0.2) is 4.39 Å². The highest BCUT2D eigenvalue weighted by Crippen LogP contribution is 2.20. The van der Waals surface area contributed by atoms with Gasteiger partial charge in [-0.15, -0.1) is 0 Å². The fraction of sp³-hybridized carbons (Fsp3) is 0.391. The van der Waals surface area contributed by atoms with Crippen molar-refractivity contribution >= 4 is 23.4 Å². The van der Waals surface area contributed by atoms with Crippen LogP contribution in [0.25, 0.3) is 0 Å². The summed E-state index contributed by atoms with van der Waals surface area (Å²) < 4.78 is 13.2. The van der Waals surface area contributed by atoms with Crippen LogP contribution in [0.1, 0.15) is 44.7 Å². The van der Waals surface area contributed by atoms with Crippen LogP contribution in [0.3, 0.4) is 0 Å². The molecule has 0 bridgehead atoms. The summed E-state index contributed by atoms with van der Waals surface area (Å²) >= 11 is 6.30. The van der Waals surface area contributed by atoms with Crippen molar-refractivity contribution in [2.75, 3.05) is 0 Å². The van der Waals surface area contributed by atoms with Gasteiger partial charge < -0.3 is 10.2 Å². The van der Waals surface area contributed by atoms with E-state index in [2.05, 4.69) is 5.32 Å². The van der Waals surface area contributed by atoms with Crippen LogP contribution in [-0.4, -0.2) is 28.8 Å². The zero-order valence-electron chi connectivity index (χ0n) is 17.1. The lowest BCUT2D eigenvalue weighted by molar-refractivity contribution is -0.141. The van der Waals surface area contributed by atoms with Gasteiger partial charge in [-0.05, 0) is 49.1 Å². The quantitative estimate of drug-likeness (QED) is 0.639. The van der Waals surface area contributed by atoms with E-state index in [-0.39, 0.29) is 36.6 Å². The van der Waals surface area contributed by atoms with E-state index in [9.17, 15) is 14.0 Å². The Morgan fingerprint density at radius 1 is 1.07 bits per heavy atom. The molecule has 2 aromatic carbocycles. The monoisotopic (exact) mass is 418 g/mol. The van der Waals surface area contributed by atoms with Gasteiger partial charge in [-0.1, -0.05) is 55.8 Å². The molecule has 29 heavy (non-hydrogen) atoms. The number of carbonyl (C=O) groups excluding carboxylic acids is 2. The zero-order valence-corrected chi connectivity index (χ0v) is 17.9. The van der Waals surface area contributed by atoms with Crippen LogP contribution in [0.2, 0.25) is 5.02 Å². The maximum atomic E-state index is 13.2. The summed E-state index contributed by atoms with van der Waals surface area (Å²) in [5.41, 5.74) is 1.47. The minimum atomic E-state index is -0.617. The molecule has 2 aromatic rings. The highest BCUT2D eigenvalue weighted by molar-refractivity contribution is 6.31. The molecular formula is C23H28ClFN2O2. The van der Waals surface area contributed by atoms with E-state index in [1.807, 2.05) is 39.0 Å². The lowest BCUT2D eigenvalue weighted by atomic mass is 10.1. The number of nitrogens with one attached hydrogen (secondary N) is 1. The molecule has 0 aliphatic rings. The minimum Gasteiger partial charge on any atom is -0.352 e. The molecule has 2 rings (SSSR count). The first-order valence-electron chi connectivity index (χ1n) is 9.93. The second kappa shape index (κ2) is 11.0. The van der Waals surface area contributed by atoms with Crippen molar-refractivity contribution in [3.05, 3.63) is 70.5 Å². The van der Waals surface area contributed by atoms with Gasteiger partial charge in [0.25, 0.3) is 0 Å². The van der Waals surface area contributed by atoms with E-state index in [1.165, 1.54) is 12.1 Å². The fourth-order valence-electron chi connectivity index (χ4n) is 3.05. The van der Waals surface area contributed by atoms with Crippen molar-refractivity contribution in [1.82, 2.24) is 10.2 Å². The predicted molar refractivity (Wildman–Crippen MR) is 114 cm³/mol. The molecule has 0 unspecified atom stereocenters. The average molecular weight is 419 g/mol. The van der Waals surface area contributed by atoms with E-state index < -0.39 is 6.04 Å². The summed E-state index contributed by atoms with van der Waals surface area (Å²) in [5, 5.41) is 3.52. The van der Waals surface area contributed by atoms with E-state index in [0.29, 0.717) is 17.0 Å². The maximum absolute atomic E-state index is 13.2. The van der Waals surface area contributed by atoms with Gasteiger partial charge in [0.15, 0.2) is 0 Å². The summed E-state index contributed by atoms with van der Waals surface area (Å²) in [6.07, 6.45) is 1.36. The third-order valence-corrected chi connectivity index (χ3v) is 5.32. The second-order valence-electron chi connectivity index (χ2n) is 7.16. The molecule has 0 saturated heterocycles. The Kier molecular flexibility index (Phi) is 8.65. The standard InChI is InChI=1S/C23H28ClFN2O2/c1-4-16(3)26-23(29)21(5-2)27(15-18-8-6-7-9-20(18)24)22(28)14-17-10-12-19(25)13-11-17/h6-13,16,21H,4-5,14-15H2,1-3H3,(H,26,29)/t16-,21+/m1/s1. The van der Waals surface area contributed by atoms with Crippen molar-refractivity contribution in [2.45, 2.75) is 58.7 Å². The second-order valence-corrected chi connectivity index (χ2v) is 7.57. The van der Waals surface area contributed by atoms with Crippen molar-refractivity contribution in [3.63, 3.8) is 0 Å². The van der Waals surface area contributed by atoms with E-state index in [1.54, 1.807) is 23.1 Å². The van der Waals surface area contributed by atoms with Crippen LogP contribution < -0.4 is 5.32 Å². The lowest BCUT2D eigenvalue weighted by Gasteiger charge is -2.31. The van der Waals surface area contributed by atoms with Crippen LogP contribution in [0.4, 0.5) is 4.39 Å². The summed E-state index contributed by atoms with van der Waals surface area (Å²) in [6.45, 7) is 6.04.